The second-order valence-electron chi connectivity index (χ2n) is 3.91. The minimum absolute atomic E-state index is 0.719. The second-order valence-corrected chi connectivity index (χ2v) is 4.76. The maximum Gasteiger partial charge on any atom is 0.133 e. The van der Waals surface area contributed by atoms with Crippen molar-refractivity contribution >= 4 is 27.3 Å². The van der Waals surface area contributed by atoms with Crippen LogP contribution in [0.25, 0.3) is 0 Å². The van der Waals surface area contributed by atoms with Gasteiger partial charge in [0.2, 0.25) is 0 Å². The third-order valence-electron chi connectivity index (χ3n) is 2.66. The van der Waals surface area contributed by atoms with Gasteiger partial charge < -0.3 is 15.8 Å². The summed E-state index contributed by atoms with van der Waals surface area (Å²) in [5.74, 6) is 0.831. The number of para-hydroxylation sites is 2. The van der Waals surface area contributed by atoms with E-state index in [1.54, 1.807) is 7.11 Å². The number of rotatable bonds is 4. The first-order chi connectivity index (χ1) is 8.70. The van der Waals surface area contributed by atoms with Gasteiger partial charge in [-0.25, -0.2) is 0 Å². The molecule has 0 aromatic heterocycles. The summed E-state index contributed by atoms with van der Waals surface area (Å²) in [7, 11) is 1.66. The molecule has 2 aromatic carbocycles. The lowest BCUT2D eigenvalue weighted by Gasteiger charge is -2.10. The molecule has 0 atom stereocenters. The third-order valence-corrected chi connectivity index (χ3v) is 3.28. The molecule has 0 heterocycles. The molecule has 3 nitrogen and oxygen atoms in total. The Morgan fingerprint density at radius 2 is 2.00 bits per heavy atom. The van der Waals surface area contributed by atoms with Crippen LogP contribution in [0.3, 0.4) is 0 Å². The predicted molar refractivity (Wildman–Crippen MR) is 78.9 cm³/mol. The van der Waals surface area contributed by atoms with Gasteiger partial charge in [0.1, 0.15) is 5.75 Å². The summed E-state index contributed by atoms with van der Waals surface area (Å²) in [4.78, 5) is 0. The minimum atomic E-state index is 0.719. The van der Waals surface area contributed by atoms with Crippen molar-refractivity contribution in [3.63, 3.8) is 0 Å². The van der Waals surface area contributed by atoms with Crippen LogP contribution in [0.15, 0.2) is 46.9 Å². The van der Waals surface area contributed by atoms with Gasteiger partial charge in [-0.2, -0.15) is 0 Å². The fourth-order valence-electron chi connectivity index (χ4n) is 1.68. The van der Waals surface area contributed by atoms with Gasteiger partial charge in [-0.1, -0.05) is 18.2 Å². The summed E-state index contributed by atoms with van der Waals surface area (Å²) in [5.41, 5.74) is 8.73. The van der Waals surface area contributed by atoms with Gasteiger partial charge in [0.15, 0.2) is 0 Å². The number of methoxy groups -OCH3 is 1. The first-order valence-corrected chi connectivity index (χ1v) is 6.41. The van der Waals surface area contributed by atoms with Crippen LogP contribution in [0, 0.1) is 0 Å². The molecule has 2 rings (SSSR count). The standard InChI is InChI=1S/C14H15BrN2O/c1-18-14-7-6-10(8-11(14)15)9-17-13-5-3-2-4-12(13)16/h2-8,17H,9,16H2,1H3. The van der Waals surface area contributed by atoms with E-state index in [0.717, 1.165) is 33.7 Å². The SMILES string of the molecule is COc1ccc(CNc2ccccc2N)cc1Br. The molecular weight excluding hydrogens is 292 g/mol. The lowest BCUT2D eigenvalue weighted by atomic mass is 10.2. The van der Waals surface area contributed by atoms with Crippen molar-refractivity contribution in [3.05, 3.63) is 52.5 Å². The molecule has 0 spiro atoms. The highest BCUT2D eigenvalue weighted by Crippen LogP contribution is 2.26. The zero-order chi connectivity index (χ0) is 13.0. The van der Waals surface area contributed by atoms with Crippen molar-refractivity contribution in [2.75, 3.05) is 18.2 Å². The van der Waals surface area contributed by atoms with Crippen molar-refractivity contribution in [3.8, 4) is 5.75 Å². The fourth-order valence-corrected chi connectivity index (χ4v) is 2.26. The Balaban J connectivity index is 2.07. The van der Waals surface area contributed by atoms with Crippen LogP contribution in [0.5, 0.6) is 5.75 Å². The van der Waals surface area contributed by atoms with Gasteiger partial charge in [-0.05, 0) is 45.8 Å². The third kappa shape index (κ3) is 2.96. The lowest BCUT2D eigenvalue weighted by molar-refractivity contribution is 0.412. The molecule has 2 aromatic rings. The first-order valence-electron chi connectivity index (χ1n) is 5.61. The minimum Gasteiger partial charge on any atom is -0.496 e. The average Bonchev–Trinajstić information content (AvgIpc) is 2.38. The van der Waals surface area contributed by atoms with E-state index in [0.29, 0.717) is 0 Å². The monoisotopic (exact) mass is 306 g/mol. The van der Waals surface area contributed by atoms with Crippen molar-refractivity contribution in [1.82, 2.24) is 0 Å². The smallest absolute Gasteiger partial charge is 0.133 e. The van der Waals surface area contributed by atoms with Gasteiger partial charge in [0.25, 0.3) is 0 Å². The number of hydrogen-bond donors (Lipinski definition) is 2. The maximum absolute atomic E-state index is 5.87. The number of ether oxygens (including phenoxy) is 1. The molecule has 0 radical (unpaired) electrons. The van der Waals surface area contributed by atoms with E-state index in [2.05, 4.69) is 21.2 Å². The molecule has 0 saturated carbocycles. The summed E-state index contributed by atoms with van der Waals surface area (Å²) in [6, 6.07) is 13.7. The highest BCUT2D eigenvalue weighted by Gasteiger charge is 2.02. The summed E-state index contributed by atoms with van der Waals surface area (Å²) in [6.07, 6.45) is 0. The molecule has 0 fully saturated rings. The molecule has 0 unspecified atom stereocenters. The molecule has 0 aliphatic carbocycles. The van der Waals surface area contributed by atoms with Crippen LogP contribution in [0.2, 0.25) is 0 Å². The van der Waals surface area contributed by atoms with Crippen LogP contribution in [-0.4, -0.2) is 7.11 Å². The number of nitrogens with one attached hydrogen (secondary N) is 1. The summed E-state index contributed by atoms with van der Waals surface area (Å²) < 4.78 is 6.14. The van der Waals surface area contributed by atoms with Gasteiger partial charge in [0.05, 0.1) is 23.0 Å². The van der Waals surface area contributed by atoms with Crippen LogP contribution < -0.4 is 15.8 Å². The topological polar surface area (TPSA) is 47.3 Å². The number of anilines is 2. The Hall–Kier alpha value is -1.68. The van der Waals surface area contributed by atoms with E-state index in [9.17, 15) is 0 Å². The largest absolute Gasteiger partial charge is 0.496 e. The molecule has 0 aliphatic heterocycles. The Morgan fingerprint density at radius 3 is 2.67 bits per heavy atom. The molecule has 0 aliphatic rings. The summed E-state index contributed by atoms with van der Waals surface area (Å²) >= 11 is 3.47. The molecule has 0 saturated heterocycles. The van der Waals surface area contributed by atoms with Crippen molar-refractivity contribution in [2.45, 2.75) is 6.54 Å². The zero-order valence-electron chi connectivity index (χ0n) is 10.1. The highest BCUT2D eigenvalue weighted by atomic mass is 79.9. The van der Waals surface area contributed by atoms with Crippen molar-refractivity contribution in [2.24, 2.45) is 0 Å². The highest BCUT2D eigenvalue weighted by molar-refractivity contribution is 9.10. The Labute approximate surface area is 115 Å². The number of nitrogen functional groups attached to an aromatic ring is 1. The Kier molecular flexibility index (Phi) is 4.10. The van der Waals surface area contributed by atoms with Crippen LogP contribution in [0.4, 0.5) is 11.4 Å². The van der Waals surface area contributed by atoms with Crippen LogP contribution in [0.1, 0.15) is 5.56 Å². The van der Waals surface area contributed by atoms with Crippen molar-refractivity contribution < 1.29 is 4.74 Å². The van der Waals surface area contributed by atoms with Gasteiger partial charge in [0, 0.05) is 6.54 Å². The van der Waals surface area contributed by atoms with E-state index < -0.39 is 0 Å². The van der Waals surface area contributed by atoms with Crippen LogP contribution >= 0.6 is 15.9 Å². The van der Waals surface area contributed by atoms with E-state index >= 15 is 0 Å². The normalized spacial score (nSPS) is 10.1. The lowest BCUT2D eigenvalue weighted by Crippen LogP contribution is -2.02. The first kappa shape index (κ1) is 12.8. The predicted octanol–water partition coefficient (Wildman–Crippen LogP) is 3.65. The quantitative estimate of drug-likeness (QED) is 0.848. The number of nitrogens with two attached hydrogens (primary N) is 1. The van der Waals surface area contributed by atoms with Gasteiger partial charge in [-0.15, -0.1) is 0 Å². The van der Waals surface area contributed by atoms with Crippen molar-refractivity contribution in [1.29, 1.82) is 0 Å². The average molecular weight is 307 g/mol. The van der Waals surface area contributed by atoms with E-state index in [1.165, 1.54) is 0 Å². The fraction of sp³-hybridized carbons (Fsp3) is 0.143. The maximum atomic E-state index is 5.87. The Bertz CT molecular complexity index is 543. The zero-order valence-corrected chi connectivity index (χ0v) is 11.7. The molecule has 0 amide bonds. The van der Waals surface area contributed by atoms with E-state index in [1.807, 2.05) is 42.5 Å². The molecule has 3 N–H and O–H groups in total. The van der Waals surface area contributed by atoms with Gasteiger partial charge in [-0.3, -0.25) is 0 Å². The summed E-state index contributed by atoms with van der Waals surface area (Å²) in [6.45, 7) is 0.719. The molecule has 18 heavy (non-hydrogen) atoms. The molecule has 4 heteroatoms. The molecule has 94 valence electrons. The number of benzene rings is 2. The van der Waals surface area contributed by atoms with Gasteiger partial charge >= 0.3 is 0 Å². The van der Waals surface area contributed by atoms with E-state index in [4.69, 9.17) is 10.5 Å². The Morgan fingerprint density at radius 1 is 1.22 bits per heavy atom. The number of hydrogen-bond acceptors (Lipinski definition) is 3. The number of halogens is 1. The molecule has 0 bridgehead atoms. The molecular formula is C14H15BrN2O. The second kappa shape index (κ2) is 5.78. The van der Waals surface area contributed by atoms with E-state index in [-0.39, 0.29) is 0 Å². The summed E-state index contributed by atoms with van der Waals surface area (Å²) in [5, 5.41) is 3.31. The van der Waals surface area contributed by atoms with Crippen LogP contribution in [-0.2, 0) is 6.54 Å².